The molecular formula is C14H20N2O4. The van der Waals surface area contributed by atoms with Crippen molar-refractivity contribution in [3.05, 3.63) is 23.8 Å². The third-order valence-electron chi connectivity index (χ3n) is 3.45. The number of nitrogens with two attached hydrogens (primary N) is 1. The van der Waals surface area contributed by atoms with Crippen LogP contribution in [0.1, 0.15) is 18.6 Å². The fraction of sp³-hybridized carbons (Fsp3) is 0.500. The van der Waals surface area contributed by atoms with Crippen LogP contribution in [0.15, 0.2) is 18.2 Å². The van der Waals surface area contributed by atoms with Crippen molar-refractivity contribution in [2.75, 3.05) is 31.8 Å². The molecule has 1 heterocycles. The lowest BCUT2D eigenvalue weighted by molar-refractivity contribution is -0.121. The lowest BCUT2D eigenvalue weighted by Gasteiger charge is -2.37. The van der Waals surface area contributed by atoms with Crippen LogP contribution in [-0.2, 0) is 9.53 Å². The third kappa shape index (κ3) is 2.71. The van der Waals surface area contributed by atoms with E-state index in [-0.39, 0.29) is 6.61 Å². The fourth-order valence-corrected chi connectivity index (χ4v) is 2.51. The van der Waals surface area contributed by atoms with Crippen LogP contribution in [-0.4, -0.2) is 43.9 Å². The van der Waals surface area contributed by atoms with Gasteiger partial charge in [0, 0.05) is 17.8 Å². The highest BCUT2D eigenvalue weighted by atomic mass is 16.5. The number of primary amides is 1. The summed E-state index contributed by atoms with van der Waals surface area (Å²) in [7, 11) is 1.55. The molecule has 0 spiro atoms. The summed E-state index contributed by atoms with van der Waals surface area (Å²) < 4.78 is 10.6. The van der Waals surface area contributed by atoms with Crippen LogP contribution in [0.2, 0.25) is 0 Å². The second kappa shape index (κ2) is 6.11. The van der Waals surface area contributed by atoms with Crippen molar-refractivity contribution in [1.82, 2.24) is 0 Å². The number of hydrogen-bond donors (Lipinski definition) is 2. The van der Waals surface area contributed by atoms with Crippen molar-refractivity contribution < 1.29 is 19.4 Å². The van der Waals surface area contributed by atoms with Crippen LogP contribution in [0.3, 0.4) is 0 Å². The Morgan fingerprint density at radius 3 is 2.95 bits per heavy atom. The summed E-state index contributed by atoms with van der Waals surface area (Å²) in [5.74, 6) is 0.149. The predicted molar refractivity (Wildman–Crippen MR) is 74.8 cm³/mol. The topological polar surface area (TPSA) is 85.0 Å². The molecule has 0 aromatic heterocycles. The van der Waals surface area contributed by atoms with Crippen molar-refractivity contribution in [3.8, 4) is 5.75 Å². The summed E-state index contributed by atoms with van der Waals surface area (Å²) in [5, 5.41) is 10.0. The van der Waals surface area contributed by atoms with Gasteiger partial charge in [0.15, 0.2) is 0 Å². The Bertz CT molecular complexity index is 490. The van der Waals surface area contributed by atoms with Crippen molar-refractivity contribution >= 4 is 11.6 Å². The Balaban J connectivity index is 2.47. The molecule has 20 heavy (non-hydrogen) atoms. The van der Waals surface area contributed by atoms with Crippen LogP contribution in [0.4, 0.5) is 5.69 Å². The first kappa shape index (κ1) is 14.6. The average molecular weight is 280 g/mol. The Kier molecular flexibility index (Phi) is 4.46. The average Bonchev–Trinajstić information content (AvgIpc) is 2.46. The molecule has 2 rings (SSSR count). The molecule has 0 radical (unpaired) electrons. The molecule has 1 aromatic carbocycles. The van der Waals surface area contributed by atoms with E-state index in [0.717, 1.165) is 5.69 Å². The number of anilines is 1. The predicted octanol–water partition coefficient (Wildman–Crippen LogP) is 0.439. The summed E-state index contributed by atoms with van der Waals surface area (Å²) >= 11 is 0. The van der Waals surface area contributed by atoms with Gasteiger partial charge >= 0.3 is 0 Å². The largest absolute Gasteiger partial charge is 0.496 e. The summed E-state index contributed by atoms with van der Waals surface area (Å²) in [5.41, 5.74) is 6.85. The van der Waals surface area contributed by atoms with Crippen molar-refractivity contribution in [3.63, 3.8) is 0 Å². The Labute approximate surface area is 118 Å². The number of hydrogen-bond acceptors (Lipinski definition) is 5. The molecule has 110 valence electrons. The minimum absolute atomic E-state index is 0.256. The van der Waals surface area contributed by atoms with Crippen LogP contribution >= 0.6 is 0 Å². The Hall–Kier alpha value is -1.79. The van der Waals surface area contributed by atoms with Crippen LogP contribution in [0.25, 0.3) is 0 Å². The summed E-state index contributed by atoms with van der Waals surface area (Å²) in [6, 6.07) is 4.93. The first-order chi connectivity index (χ1) is 9.56. The normalized spacial score (nSPS) is 20.6. The smallest absolute Gasteiger partial charge is 0.242 e. The molecule has 6 nitrogen and oxygen atoms in total. The number of carbonyl (C=O) groups is 1. The molecule has 1 unspecified atom stereocenters. The number of morpholine rings is 1. The van der Waals surface area contributed by atoms with Gasteiger partial charge in [0.25, 0.3) is 0 Å². The number of aliphatic hydroxyl groups is 1. The highest BCUT2D eigenvalue weighted by Gasteiger charge is 2.30. The van der Waals surface area contributed by atoms with Crippen molar-refractivity contribution in [1.29, 1.82) is 0 Å². The van der Waals surface area contributed by atoms with Crippen LogP contribution in [0, 0.1) is 0 Å². The zero-order valence-electron chi connectivity index (χ0n) is 11.7. The molecule has 1 amide bonds. The molecule has 1 aliphatic rings. The molecular weight excluding hydrogens is 260 g/mol. The van der Waals surface area contributed by atoms with E-state index in [0.29, 0.717) is 24.5 Å². The molecule has 1 saturated heterocycles. The fourth-order valence-electron chi connectivity index (χ4n) is 2.51. The van der Waals surface area contributed by atoms with E-state index in [9.17, 15) is 9.90 Å². The van der Waals surface area contributed by atoms with E-state index < -0.39 is 18.1 Å². The van der Waals surface area contributed by atoms with Gasteiger partial charge in [-0.1, -0.05) is 6.07 Å². The van der Waals surface area contributed by atoms with Gasteiger partial charge in [-0.05, 0) is 19.1 Å². The Morgan fingerprint density at radius 2 is 2.35 bits per heavy atom. The van der Waals surface area contributed by atoms with Crippen LogP contribution < -0.4 is 15.4 Å². The number of methoxy groups -OCH3 is 1. The maximum absolute atomic E-state index is 11.6. The molecule has 2 atom stereocenters. The number of aliphatic hydroxyl groups excluding tert-OH is 1. The molecule has 1 aliphatic heterocycles. The van der Waals surface area contributed by atoms with E-state index in [1.807, 2.05) is 17.0 Å². The minimum Gasteiger partial charge on any atom is -0.496 e. The van der Waals surface area contributed by atoms with Crippen molar-refractivity contribution in [2.45, 2.75) is 19.1 Å². The van der Waals surface area contributed by atoms with Crippen molar-refractivity contribution in [2.24, 2.45) is 5.73 Å². The molecule has 0 aliphatic carbocycles. The molecule has 6 heteroatoms. The first-order valence-corrected chi connectivity index (χ1v) is 6.55. The van der Waals surface area contributed by atoms with Gasteiger partial charge in [0.2, 0.25) is 5.91 Å². The molecule has 1 aromatic rings. The van der Waals surface area contributed by atoms with Gasteiger partial charge in [-0.15, -0.1) is 0 Å². The molecule has 3 N–H and O–H groups in total. The van der Waals surface area contributed by atoms with E-state index >= 15 is 0 Å². The van der Waals surface area contributed by atoms with E-state index in [2.05, 4.69) is 0 Å². The maximum atomic E-state index is 11.6. The highest BCUT2D eigenvalue weighted by Crippen LogP contribution is 2.35. The van der Waals surface area contributed by atoms with E-state index in [4.69, 9.17) is 15.2 Å². The van der Waals surface area contributed by atoms with E-state index in [1.165, 1.54) is 0 Å². The Morgan fingerprint density at radius 1 is 1.60 bits per heavy atom. The monoisotopic (exact) mass is 280 g/mol. The van der Waals surface area contributed by atoms with Gasteiger partial charge < -0.3 is 25.2 Å². The second-order valence-corrected chi connectivity index (χ2v) is 4.76. The number of nitrogens with zero attached hydrogens (tertiary/aromatic N) is 1. The standard InChI is InChI=1S/C14H20N2O4/c1-9(17)13-10(4-3-5-12(13)19-2)16-6-7-20-8-11(16)14(15)18/h3-5,9,11,17H,6-8H2,1-2H3,(H2,15,18)/t9-,11?/m0/s1. The second-order valence-electron chi connectivity index (χ2n) is 4.76. The lowest BCUT2D eigenvalue weighted by Crippen LogP contribution is -2.53. The van der Waals surface area contributed by atoms with E-state index in [1.54, 1.807) is 20.1 Å². The molecule has 1 fully saturated rings. The van der Waals surface area contributed by atoms with Crippen LogP contribution in [0.5, 0.6) is 5.75 Å². The lowest BCUT2D eigenvalue weighted by atomic mass is 10.0. The number of amides is 1. The summed E-state index contributed by atoms with van der Waals surface area (Å²) in [6.45, 7) is 2.98. The number of benzene rings is 1. The summed E-state index contributed by atoms with van der Waals surface area (Å²) in [4.78, 5) is 13.5. The number of rotatable bonds is 4. The van der Waals surface area contributed by atoms with Gasteiger partial charge in [0.05, 0.1) is 26.4 Å². The zero-order valence-corrected chi connectivity index (χ0v) is 11.7. The van der Waals surface area contributed by atoms with Gasteiger partial charge in [0.1, 0.15) is 11.8 Å². The SMILES string of the molecule is COc1cccc(N2CCOCC2C(N)=O)c1[C@H](C)O. The van der Waals surface area contributed by atoms with Gasteiger partial charge in [-0.25, -0.2) is 0 Å². The first-order valence-electron chi connectivity index (χ1n) is 6.55. The highest BCUT2D eigenvalue weighted by molar-refractivity contribution is 5.84. The summed E-state index contributed by atoms with van der Waals surface area (Å²) in [6.07, 6.45) is -0.711. The number of carbonyl (C=O) groups excluding carboxylic acids is 1. The maximum Gasteiger partial charge on any atom is 0.242 e. The van der Waals surface area contributed by atoms with Gasteiger partial charge in [-0.2, -0.15) is 0 Å². The number of ether oxygens (including phenoxy) is 2. The zero-order chi connectivity index (χ0) is 14.7. The minimum atomic E-state index is -0.711. The third-order valence-corrected chi connectivity index (χ3v) is 3.45. The van der Waals surface area contributed by atoms with Gasteiger partial charge in [-0.3, -0.25) is 4.79 Å². The molecule has 0 saturated carbocycles. The quantitative estimate of drug-likeness (QED) is 0.836. The molecule has 0 bridgehead atoms.